The van der Waals surface area contributed by atoms with E-state index in [-0.39, 0.29) is 24.8 Å². The van der Waals surface area contributed by atoms with Crippen LogP contribution in [0.4, 0.5) is 11.6 Å². The number of carbonyl (C=O) groups excluding carboxylic acids is 1. The molecule has 0 unspecified atom stereocenters. The van der Waals surface area contributed by atoms with Gasteiger partial charge in [-0.05, 0) is 25.0 Å². The Morgan fingerprint density at radius 1 is 1.21 bits per heavy atom. The van der Waals surface area contributed by atoms with E-state index in [4.69, 9.17) is 15.2 Å². The summed E-state index contributed by atoms with van der Waals surface area (Å²) in [5, 5.41) is 8.06. The first-order valence-corrected chi connectivity index (χ1v) is 10.5. The summed E-state index contributed by atoms with van der Waals surface area (Å²) in [7, 11) is 0. The van der Waals surface area contributed by atoms with Crippen LogP contribution in [0.3, 0.4) is 0 Å². The minimum atomic E-state index is -0.228. The predicted molar refractivity (Wildman–Crippen MR) is 112 cm³/mol. The predicted octanol–water partition coefficient (Wildman–Crippen LogP) is 3.35. The fourth-order valence-corrected chi connectivity index (χ4v) is 4.58. The maximum atomic E-state index is 12.9. The van der Waals surface area contributed by atoms with Gasteiger partial charge in [-0.15, -0.1) is 11.3 Å². The first kappa shape index (κ1) is 18.1. The minimum Gasteiger partial charge on any atom is -0.454 e. The van der Waals surface area contributed by atoms with Crippen molar-refractivity contribution in [3.8, 4) is 11.5 Å². The lowest BCUT2D eigenvalue weighted by Gasteiger charge is -2.29. The van der Waals surface area contributed by atoms with Crippen LogP contribution in [0.2, 0.25) is 0 Å². The van der Waals surface area contributed by atoms with Crippen LogP contribution in [-0.2, 0) is 0 Å². The van der Waals surface area contributed by atoms with Gasteiger partial charge in [0.15, 0.2) is 11.5 Å². The van der Waals surface area contributed by atoms with Gasteiger partial charge >= 0.3 is 0 Å². The van der Waals surface area contributed by atoms with Gasteiger partial charge in [-0.25, -0.2) is 9.97 Å². The number of hydrogen-bond acceptors (Lipinski definition) is 8. The Hall–Kier alpha value is -2.91. The molecular weight excluding hydrogens is 390 g/mol. The monoisotopic (exact) mass is 411 g/mol. The smallest absolute Gasteiger partial charge is 0.258 e. The van der Waals surface area contributed by atoms with Crippen LogP contribution >= 0.6 is 11.3 Å². The first-order valence-electron chi connectivity index (χ1n) is 9.65. The molecule has 1 fully saturated rings. The van der Waals surface area contributed by atoms with E-state index in [0.29, 0.717) is 34.2 Å². The number of thiophene rings is 1. The minimum absolute atomic E-state index is 0.0966. The second-order valence-corrected chi connectivity index (χ2v) is 8.19. The number of carbonyl (C=O) groups is 1. The van der Waals surface area contributed by atoms with Crippen LogP contribution in [-0.4, -0.2) is 34.8 Å². The fourth-order valence-electron chi connectivity index (χ4n) is 3.74. The van der Waals surface area contributed by atoms with Gasteiger partial charge < -0.3 is 25.8 Å². The molecule has 1 aliphatic carbocycles. The van der Waals surface area contributed by atoms with E-state index in [2.05, 4.69) is 20.6 Å². The van der Waals surface area contributed by atoms with Gasteiger partial charge in [0.1, 0.15) is 0 Å². The third-order valence-corrected chi connectivity index (χ3v) is 6.23. The quantitative estimate of drug-likeness (QED) is 0.604. The van der Waals surface area contributed by atoms with Crippen molar-refractivity contribution in [1.82, 2.24) is 9.97 Å². The third-order valence-electron chi connectivity index (χ3n) is 5.32. The molecule has 2 aromatic heterocycles. The van der Waals surface area contributed by atoms with E-state index < -0.39 is 0 Å². The summed E-state index contributed by atoms with van der Waals surface area (Å²) in [6.07, 6.45) is 6.06. The highest BCUT2D eigenvalue weighted by Crippen LogP contribution is 2.34. The average Bonchev–Trinajstić information content (AvgIpc) is 3.36. The number of amides is 1. The lowest BCUT2D eigenvalue weighted by atomic mass is 9.91. The topological polar surface area (TPSA) is 111 Å². The Kier molecular flexibility index (Phi) is 4.69. The van der Waals surface area contributed by atoms with Gasteiger partial charge in [0.25, 0.3) is 5.91 Å². The molecule has 0 saturated heterocycles. The summed E-state index contributed by atoms with van der Waals surface area (Å²) in [6.45, 7) is 0.194. The van der Waals surface area contributed by atoms with Crippen LogP contribution in [0, 0.1) is 0 Å². The van der Waals surface area contributed by atoms with E-state index >= 15 is 0 Å². The number of ether oxygens (including phenoxy) is 2. The Labute approximate surface area is 171 Å². The highest BCUT2D eigenvalue weighted by atomic mass is 32.1. The van der Waals surface area contributed by atoms with Crippen LogP contribution in [0.15, 0.2) is 29.8 Å². The molecule has 0 radical (unpaired) electrons. The zero-order valence-electron chi connectivity index (χ0n) is 15.7. The summed E-state index contributed by atoms with van der Waals surface area (Å²) < 4.78 is 11.5. The molecule has 4 N–H and O–H groups in total. The van der Waals surface area contributed by atoms with Crippen molar-refractivity contribution in [1.29, 1.82) is 0 Å². The number of rotatable bonds is 4. The van der Waals surface area contributed by atoms with Crippen molar-refractivity contribution in [2.24, 2.45) is 5.73 Å². The summed E-state index contributed by atoms with van der Waals surface area (Å²) >= 11 is 1.45. The molecule has 5 rings (SSSR count). The van der Waals surface area contributed by atoms with E-state index in [1.807, 2.05) is 0 Å². The normalized spacial score (nSPS) is 20.6. The molecule has 3 heterocycles. The number of aromatic nitrogens is 2. The van der Waals surface area contributed by atoms with Crippen molar-refractivity contribution in [2.75, 3.05) is 17.4 Å². The Morgan fingerprint density at radius 3 is 2.97 bits per heavy atom. The van der Waals surface area contributed by atoms with Crippen LogP contribution < -0.4 is 25.8 Å². The molecule has 1 aliphatic heterocycles. The van der Waals surface area contributed by atoms with Crippen molar-refractivity contribution in [3.05, 3.63) is 35.3 Å². The highest BCUT2D eigenvalue weighted by molar-refractivity contribution is 7.17. The number of nitrogens with zero attached hydrogens (tertiary/aromatic N) is 2. The lowest BCUT2D eigenvalue weighted by molar-refractivity contribution is 0.102. The maximum Gasteiger partial charge on any atom is 0.258 e. The highest BCUT2D eigenvalue weighted by Gasteiger charge is 2.23. The van der Waals surface area contributed by atoms with Gasteiger partial charge in [0.05, 0.1) is 22.0 Å². The summed E-state index contributed by atoms with van der Waals surface area (Å²) in [5.41, 5.74) is 8.01. The second-order valence-electron chi connectivity index (χ2n) is 7.28. The molecule has 2 aliphatic rings. The average molecular weight is 411 g/mol. The van der Waals surface area contributed by atoms with Gasteiger partial charge in [0, 0.05) is 29.2 Å². The molecule has 150 valence electrons. The van der Waals surface area contributed by atoms with Gasteiger partial charge in [0.2, 0.25) is 12.7 Å². The molecule has 8 nitrogen and oxygen atoms in total. The Bertz CT molecular complexity index is 1070. The molecule has 9 heteroatoms. The number of nitrogens with one attached hydrogen (secondary N) is 2. The van der Waals surface area contributed by atoms with Crippen molar-refractivity contribution >= 4 is 39.1 Å². The molecule has 2 atom stereocenters. The van der Waals surface area contributed by atoms with E-state index in [9.17, 15) is 4.79 Å². The van der Waals surface area contributed by atoms with Crippen molar-refractivity contribution in [3.63, 3.8) is 0 Å². The lowest BCUT2D eigenvalue weighted by Crippen LogP contribution is -2.42. The fraction of sp³-hybridized carbons (Fsp3) is 0.350. The SMILES string of the molecule is N[C@H]1CCCC[C@H]1Nc1ncc2scc(C(=O)Nc3ccc4c(c3)OCO4)c2n1. The third kappa shape index (κ3) is 3.58. The molecular formula is C20H21N5O3S. The number of anilines is 2. The first-order chi connectivity index (χ1) is 14.2. The zero-order valence-corrected chi connectivity index (χ0v) is 16.5. The number of nitrogens with two attached hydrogens (primary N) is 1. The molecule has 29 heavy (non-hydrogen) atoms. The molecule has 0 bridgehead atoms. The van der Waals surface area contributed by atoms with Gasteiger partial charge in [-0.1, -0.05) is 12.8 Å². The largest absolute Gasteiger partial charge is 0.454 e. The van der Waals surface area contributed by atoms with Crippen LogP contribution in [0.1, 0.15) is 36.0 Å². The number of fused-ring (bicyclic) bond motifs is 2. The van der Waals surface area contributed by atoms with Gasteiger partial charge in [-0.2, -0.15) is 0 Å². The zero-order chi connectivity index (χ0) is 19.8. The Balaban J connectivity index is 1.37. The molecule has 0 spiro atoms. The molecule has 1 amide bonds. The molecule has 1 saturated carbocycles. The summed E-state index contributed by atoms with van der Waals surface area (Å²) in [4.78, 5) is 21.9. The van der Waals surface area contributed by atoms with Gasteiger partial charge in [-0.3, -0.25) is 4.79 Å². The Morgan fingerprint density at radius 2 is 2.07 bits per heavy atom. The molecule has 1 aromatic carbocycles. The maximum absolute atomic E-state index is 12.9. The summed E-state index contributed by atoms with van der Waals surface area (Å²) in [5.74, 6) is 1.58. The summed E-state index contributed by atoms with van der Waals surface area (Å²) in [6, 6.07) is 5.57. The van der Waals surface area contributed by atoms with Crippen LogP contribution in [0.25, 0.3) is 10.2 Å². The molecule has 3 aromatic rings. The van der Waals surface area contributed by atoms with Crippen molar-refractivity contribution in [2.45, 2.75) is 37.8 Å². The number of benzene rings is 1. The standard InChI is InChI=1S/C20H21N5O3S/c21-13-3-1-2-4-14(13)24-20-22-8-17-18(25-20)12(9-29-17)19(26)23-11-5-6-15-16(7-11)28-10-27-15/h5-9,13-14H,1-4,10,21H2,(H,23,26)(H,22,24,25)/t13-,14+/m0/s1. The van der Waals surface area contributed by atoms with E-state index in [1.165, 1.54) is 11.3 Å². The van der Waals surface area contributed by atoms with Crippen LogP contribution in [0.5, 0.6) is 11.5 Å². The van der Waals surface area contributed by atoms with E-state index in [0.717, 1.165) is 30.4 Å². The van der Waals surface area contributed by atoms with E-state index in [1.54, 1.807) is 29.8 Å². The second kappa shape index (κ2) is 7.49. The van der Waals surface area contributed by atoms with Crippen molar-refractivity contribution < 1.29 is 14.3 Å². The number of hydrogen-bond donors (Lipinski definition) is 3.